The molecule has 1 aromatic carbocycles. The van der Waals surface area contributed by atoms with Gasteiger partial charge in [-0.05, 0) is 37.0 Å². The molecule has 1 amide bonds. The monoisotopic (exact) mass is 342 g/mol. The van der Waals surface area contributed by atoms with E-state index in [0.29, 0.717) is 32.2 Å². The number of anilines is 1. The molecule has 0 aromatic heterocycles. The summed E-state index contributed by atoms with van der Waals surface area (Å²) in [5.41, 5.74) is 7.04. The zero-order valence-corrected chi connectivity index (χ0v) is 14.9. The molecule has 0 bridgehead atoms. The van der Waals surface area contributed by atoms with Crippen LogP contribution in [-0.4, -0.2) is 25.5 Å². The van der Waals surface area contributed by atoms with Gasteiger partial charge in [-0.3, -0.25) is 9.59 Å². The van der Waals surface area contributed by atoms with Crippen molar-refractivity contribution in [2.24, 2.45) is 11.1 Å². The highest BCUT2D eigenvalue weighted by Gasteiger charge is 2.33. The number of halogens is 1. The van der Waals surface area contributed by atoms with E-state index in [4.69, 9.17) is 5.73 Å². The van der Waals surface area contributed by atoms with Crippen molar-refractivity contribution in [3.05, 3.63) is 29.8 Å². The number of methoxy groups -OCH3 is 1. The van der Waals surface area contributed by atoms with Gasteiger partial charge in [0.05, 0.1) is 12.5 Å². The molecule has 0 radical (unpaired) electrons. The number of carbonyl (C=O) groups excluding carboxylic acids is 2. The second kappa shape index (κ2) is 10.2. The molecule has 0 unspecified atom stereocenters. The number of rotatable bonds is 8. The summed E-state index contributed by atoms with van der Waals surface area (Å²) in [6, 6.07) is 7.50. The summed E-state index contributed by atoms with van der Waals surface area (Å²) in [5, 5.41) is 2.93. The maximum Gasteiger partial charge on any atom is 0.305 e. The minimum atomic E-state index is -0.510. The summed E-state index contributed by atoms with van der Waals surface area (Å²) in [6.45, 7) is 4.29. The molecule has 0 atom stereocenters. The third-order valence-electron chi connectivity index (χ3n) is 4.28. The minimum absolute atomic E-state index is 0. The van der Waals surface area contributed by atoms with Gasteiger partial charge in [-0.25, -0.2) is 0 Å². The highest BCUT2D eigenvalue weighted by molar-refractivity contribution is 5.95. The van der Waals surface area contributed by atoms with Crippen LogP contribution < -0.4 is 11.1 Å². The van der Waals surface area contributed by atoms with E-state index < -0.39 is 5.41 Å². The zero-order valence-electron chi connectivity index (χ0n) is 14.1. The second-order valence-corrected chi connectivity index (χ2v) is 5.42. The molecule has 130 valence electrons. The highest BCUT2D eigenvalue weighted by Crippen LogP contribution is 2.27. The van der Waals surface area contributed by atoms with Crippen LogP contribution in [0.1, 0.15) is 38.7 Å². The molecule has 0 fully saturated rings. The molecule has 0 aliphatic heterocycles. The van der Waals surface area contributed by atoms with E-state index >= 15 is 0 Å². The van der Waals surface area contributed by atoms with Crippen molar-refractivity contribution in [1.82, 2.24) is 0 Å². The van der Waals surface area contributed by atoms with Crippen LogP contribution in [0.3, 0.4) is 0 Å². The van der Waals surface area contributed by atoms with Gasteiger partial charge in [0.25, 0.3) is 0 Å². The molecule has 6 heteroatoms. The predicted octanol–water partition coefficient (Wildman–Crippen LogP) is 2.92. The first kappa shape index (κ1) is 21.4. The number of ether oxygens (including phenoxy) is 1. The fraction of sp³-hybridized carbons (Fsp3) is 0.529. The smallest absolute Gasteiger partial charge is 0.305 e. The summed E-state index contributed by atoms with van der Waals surface area (Å²) in [4.78, 5) is 23.5. The van der Waals surface area contributed by atoms with E-state index in [1.807, 2.05) is 38.1 Å². The van der Waals surface area contributed by atoms with Crippen molar-refractivity contribution < 1.29 is 14.3 Å². The number of esters is 1. The van der Waals surface area contributed by atoms with Gasteiger partial charge in [0, 0.05) is 18.7 Å². The molecule has 0 saturated heterocycles. The molecule has 3 N–H and O–H groups in total. The lowest BCUT2D eigenvalue weighted by molar-refractivity contribution is -0.140. The molecule has 5 nitrogen and oxygen atoms in total. The van der Waals surface area contributed by atoms with Crippen molar-refractivity contribution in [2.45, 2.75) is 39.5 Å². The molecular weight excluding hydrogens is 316 g/mol. The minimum Gasteiger partial charge on any atom is -0.469 e. The lowest BCUT2D eigenvalue weighted by Gasteiger charge is -2.28. The molecular formula is C17H27ClN2O3. The Balaban J connectivity index is 0.00000484. The fourth-order valence-corrected chi connectivity index (χ4v) is 2.32. The van der Waals surface area contributed by atoms with Crippen LogP contribution in [0.25, 0.3) is 0 Å². The van der Waals surface area contributed by atoms with Gasteiger partial charge >= 0.3 is 5.97 Å². The van der Waals surface area contributed by atoms with Crippen LogP contribution in [0.4, 0.5) is 5.69 Å². The Morgan fingerprint density at radius 3 is 2.17 bits per heavy atom. The van der Waals surface area contributed by atoms with Gasteiger partial charge in [-0.1, -0.05) is 26.0 Å². The van der Waals surface area contributed by atoms with Crippen LogP contribution in [0.15, 0.2) is 24.3 Å². The van der Waals surface area contributed by atoms with E-state index in [0.717, 1.165) is 11.3 Å². The Labute approximate surface area is 144 Å². The highest BCUT2D eigenvalue weighted by atomic mass is 35.5. The van der Waals surface area contributed by atoms with Crippen LogP contribution in [0.5, 0.6) is 0 Å². The Bertz CT molecular complexity index is 491. The predicted molar refractivity (Wildman–Crippen MR) is 94.7 cm³/mol. The number of nitrogens with one attached hydrogen (secondary N) is 1. The largest absolute Gasteiger partial charge is 0.469 e. The number of hydrogen-bond donors (Lipinski definition) is 2. The van der Waals surface area contributed by atoms with Crippen molar-refractivity contribution >= 4 is 30.0 Å². The molecule has 0 saturated carbocycles. The fourth-order valence-electron chi connectivity index (χ4n) is 2.32. The number of hydrogen-bond acceptors (Lipinski definition) is 4. The molecule has 0 heterocycles. The van der Waals surface area contributed by atoms with Crippen LogP contribution in [-0.2, 0) is 20.7 Å². The van der Waals surface area contributed by atoms with E-state index in [1.165, 1.54) is 7.11 Å². The van der Waals surface area contributed by atoms with Crippen molar-refractivity contribution in [3.8, 4) is 0 Å². The third-order valence-corrected chi connectivity index (χ3v) is 4.28. The summed E-state index contributed by atoms with van der Waals surface area (Å²) in [7, 11) is 1.38. The van der Waals surface area contributed by atoms with Gasteiger partial charge in [0.15, 0.2) is 0 Å². The number of benzene rings is 1. The average molecular weight is 343 g/mol. The lowest BCUT2D eigenvalue weighted by atomic mass is 9.81. The van der Waals surface area contributed by atoms with Crippen molar-refractivity contribution in [1.29, 1.82) is 0 Å². The standard InChI is InChI=1S/C17H26N2O3.ClH/c1-4-17(5-2,12-18)16(21)19-14-9-6-13(7-10-14)8-11-15(20)22-3;/h6-7,9-10H,4-5,8,11-12,18H2,1-3H3,(H,19,21);1H. The zero-order chi connectivity index (χ0) is 16.6. The Hall–Kier alpha value is -1.59. The maximum atomic E-state index is 12.4. The third kappa shape index (κ3) is 5.84. The summed E-state index contributed by atoms with van der Waals surface area (Å²) < 4.78 is 4.62. The first-order valence-electron chi connectivity index (χ1n) is 7.68. The van der Waals surface area contributed by atoms with Crippen LogP contribution in [0.2, 0.25) is 0 Å². The molecule has 0 aliphatic rings. The van der Waals surface area contributed by atoms with Gasteiger partial charge in [-0.2, -0.15) is 0 Å². The maximum absolute atomic E-state index is 12.4. The molecule has 23 heavy (non-hydrogen) atoms. The SMILES string of the molecule is CCC(CC)(CN)C(=O)Nc1ccc(CCC(=O)OC)cc1.Cl. The molecule has 1 rings (SSSR count). The Kier molecular flexibility index (Phi) is 9.53. The second-order valence-electron chi connectivity index (χ2n) is 5.42. The normalized spacial score (nSPS) is 10.6. The van der Waals surface area contributed by atoms with E-state index in [1.54, 1.807) is 0 Å². The van der Waals surface area contributed by atoms with Crippen molar-refractivity contribution in [2.75, 3.05) is 19.0 Å². The van der Waals surface area contributed by atoms with Gasteiger partial charge in [-0.15, -0.1) is 12.4 Å². The summed E-state index contributed by atoms with van der Waals surface area (Å²) in [6.07, 6.45) is 2.40. The molecule has 0 aliphatic carbocycles. The number of nitrogens with two attached hydrogens (primary N) is 1. The number of amides is 1. The van der Waals surface area contributed by atoms with E-state index in [-0.39, 0.29) is 24.3 Å². The molecule has 0 spiro atoms. The van der Waals surface area contributed by atoms with Gasteiger partial charge in [0.2, 0.25) is 5.91 Å². The van der Waals surface area contributed by atoms with Crippen LogP contribution in [0, 0.1) is 5.41 Å². The lowest BCUT2D eigenvalue weighted by Crippen LogP contribution is -2.41. The van der Waals surface area contributed by atoms with Gasteiger partial charge < -0.3 is 15.8 Å². The first-order valence-corrected chi connectivity index (χ1v) is 7.68. The number of carbonyl (C=O) groups is 2. The average Bonchev–Trinajstić information content (AvgIpc) is 2.56. The van der Waals surface area contributed by atoms with E-state index in [9.17, 15) is 9.59 Å². The Morgan fingerprint density at radius 1 is 1.17 bits per heavy atom. The summed E-state index contributed by atoms with van der Waals surface area (Å²) in [5.74, 6) is -0.265. The van der Waals surface area contributed by atoms with E-state index in [2.05, 4.69) is 10.1 Å². The quantitative estimate of drug-likeness (QED) is 0.712. The number of aryl methyl sites for hydroxylation is 1. The van der Waals surface area contributed by atoms with Crippen LogP contribution >= 0.6 is 12.4 Å². The summed E-state index contributed by atoms with van der Waals surface area (Å²) >= 11 is 0. The Morgan fingerprint density at radius 2 is 1.74 bits per heavy atom. The topological polar surface area (TPSA) is 81.4 Å². The van der Waals surface area contributed by atoms with Crippen molar-refractivity contribution in [3.63, 3.8) is 0 Å². The first-order chi connectivity index (χ1) is 10.5. The molecule has 1 aromatic rings. The van der Waals surface area contributed by atoms with Gasteiger partial charge in [0.1, 0.15) is 0 Å².